The van der Waals surface area contributed by atoms with E-state index in [9.17, 15) is 22.4 Å². The van der Waals surface area contributed by atoms with E-state index in [1.807, 2.05) is 19.1 Å². The van der Waals surface area contributed by atoms with Crippen molar-refractivity contribution in [3.05, 3.63) is 70.6 Å². The summed E-state index contributed by atoms with van der Waals surface area (Å²) in [6.07, 6.45) is 6.37. The van der Waals surface area contributed by atoms with Crippen molar-refractivity contribution < 1.29 is 36.1 Å². The minimum atomic E-state index is -3.78. The fourth-order valence-corrected chi connectivity index (χ4v) is 6.21. The largest absolute Gasteiger partial charge is 0.491 e. The summed E-state index contributed by atoms with van der Waals surface area (Å²) in [6.45, 7) is 9.58. The van der Waals surface area contributed by atoms with Crippen molar-refractivity contribution in [2.45, 2.75) is 77.7 Å². The Morgan fingerprint density at radius 3 is 2.54 bits per heavy atom. The third-order valence-corrected chi connectivity index (χ3v) is 8.65. The van der Waals surface area contributed by atoms with Gasteiger partial charge in [0.1, 0.15) is 5.60 Å². The fourth-order valence-electron chi connectivity index (χ4n) is 5.86. The molecular weight excluding hydrogens is 617 g/mol. The van der Waals surface area contributed by atoms with Crippen molar-refractivity contribution in [2.24, 2.45) is 0 Å². The summed E-state index contributed by atoms with van der Waals surface area (Å²) < 4.78 is 56.3. The van der Waals surface area contributed by atoms with Gasteiger partial charge in [0.05, 0.1) is 43.9 Å². The summed E-state index contributed by atoms with van der Waals surface area (Å²) in [7, 11) is -2.22. The molecular formula is C32H40FN5O7S. The lowest BCUT2D eigenvalue weighted by Gasteiger charge is -2.39. The van der Waals surface area contributed by atoms with Crippen LogP contribution in [0.1, 0.15) is 86.2 Å². The molecule has 3 aromatic rings. The van der Waals surface area contributed by atoms with E-state index >= 15 is 0 Å². The van der Waals surface area contributed by atoms with Gasteiger partial charge in [-0.2, -0.15) is 8.42 Å². The van der Waals surface area contributed by atoms with Gasteiger partial charge in [-0.25, -0.2) is 14.2 Å². The molecule has 1 aliphatic carbocycles. The smallest absolute Gasteiger partial charge is 0.416 e. The molecule has 248 valence electrons. The van der Waals surface area contributed by atoms with Crippen LogP contribution >= 0.6 is 0 Å². The first kappa shape index (κ1) is 33.3. The minimum absolute atomic E-state index is 0.0697. The van der Waals surface area contributed by atoms with Crippen molar-refractivity contribution in [3.8, 4) is 5.75 Å². The standard InChI is InChI=1S/C32H40FN5O7S/c1-8-43-26-15-25(35-16-24(26)33)20(2)38-19-32(9-10-32)27-22(18-44-46(7,41)42)13-21(14-23(27)28(38)39)17-37-12-11-34-29(37)36(6)30(40)45-31(3,4)5/h11-16,20H,8-10,17-19H2,1-7H3. The Bertz CT molecular complexity index is 1760. The number of fused-ring (bicyclic) bond motifs is 2. The molecule has 46 heavy (non-hydrogen) atoms. The first-order valence-electron chi connectivity index (χ1n) is 15.1. The maximum Gasteiger partial charge on any atom is 0.416 e. The Balaban J connectivity index is 1.53. The molecule has 3 heterocycles. The summed E-state index contributed by atoms with van der Waals surface area (Å²) in [5, 5.41) is 0. The lowest BCUT2D eigenvalue weighted by molar-refractivity contribution is 0.0585. The van der Waals surface area contributed by atoms with Crippen LogP contribution < -0.4 is 9.64 Å². The maximum absolute atomic E-state index is 14.3. The lowest BCUT2D eigenvalue weighted by Crippen LogP contribution is -2.45. The highest BCUT2D eigenvalue weighted by molar-refractivity contribution is 7.85. The van der Waals surface area contributed by atoms with Gasteiger partial charge in [-0.05, 0) is 70.2 Å². The second-order valence-electron chi connectivity index (χ2n) is 12.9. The highest BCUT2D eigenvalue weighted by Gasteiger charge is 2.53. The molecule has 1 atom stereocenters. The van der Waals surface area contributed by atoms with Crippen LogP contribution in [0.3, 0.4) is 0 Å². The Morgan fingerprint density at radius 1 is 1.20 bits per heavy atom. The number of anilines is 1. The Kier molecular flexibility index (Phi) is 8.90. The molecule has 0 radical (unpaired) electrons. The van der Waals surface area contributed by atoms with Crippen LogP contribution in [0.5, 0.6) is 5.75 Å². The number of carbonyl (C=O) groups is 2. The van der Waals surface area contributed by atoms with Crippen LogP contribution in [0.25, 0.3) is 0 Å². The molecule has 0 saturated heterocycles. The number of pyridine rings is 1. The maximum atomic E-state index is 14.3. The van der Waals surface area contributed by atoms with E-state index in [0.29, 0.717) is 34.9 Å². The fraction of sp³-hybridized carbons (Fsp3) is 0.500. The van der Waals surface area contributed by atoms with Crippen LogP contribution in [-0.2, 0) is 37.6 Å². The van der Waals surface area contributed by atoms with Gasteiger partial charge >= 0.3 is 6.09 Å². The summed E-state index contributed by atoms with van der Waals surface area (Å²) in [6, 6.07) is 4.68. The summed E-state index contributed by atoms with van der Waals surface area (Å²) in [5.74, 6) is -0.444. The first-order valence-corrected chi connectivity index (χ1v) is 16.9. The number of hydrogen-bond donors (Lipinski definition) is 0. The third kappa shape index (κ3) is 7.02. The molecule has 2 amide bonds. The highest BCUT2D eigenvalue weighted by Crippen LogP contribution is 2.55. The summed E-state index contributed by atoms with van der Waals surface area (Å²) >= 11 is 0. The van der Waals surface area contributed by atoms with Crippen LogP contribution in [0, 0.1) is 5.82 Å². The molecule has 1 saturated carbocycles. The molecule has 12 nitrogen and oxygen atoms in total. The molecule has 1 aromatic carbocycles. The molecule has 0 N–H and O–H groups in total. The van der Waals surface area contributed by atoms with Gasteiger partial charge in [0.25, 0.3) is 16.0 Å². The Labute approximate surface area is 268 Å². The van der Waals surface area contributed by atoms with Crippen molar-refractivity contribution in [1.29, 1.82) is 0 Å². The first-order chi connectivity index (χ1) is 21.5. The van der Waals surface area contributed by atoms with E-state index in [1.54, 1.807) is 56.6 Å². The van der Waals surface area contributed by atoms with Crippen molar-refractivity contribution >= 4 is 28.1 Å². The minimum Gasteiger partial charge on any atom is -0.491 e. The predicted molar refractivity (Wildman–Crippen MR) is 168 cm³/mol. The molecule has 5 rings (SSSR count). The van der Waals surface area contributed by atoms with Crippen LogP contribution in [0.15, 0.2) is 36.8 Å². The average Bonchev–Trinajstić information content (AvgIpc) is 3.59. The second-order valence-corrected chi connectivity index (χ2v) is 14.5. The van der Waals surface area contributed by atoms with Gasteiger partial charge in [-0.1, -0.05) is 6.07 Å². The third-order valence-electron chi connectivity index (χ3n) is 8.11. The monoisotopic (exact) mass is 657 g/mol. The molecule has 1 spiro atoms. The van der Waals surface area contributed by atoms with Gasteiger partial charge in [-0.3, -0.25) is 18.9 Å². The number of benzene rings is 1. The van der Waals surface area contributed by atoms with E-state index in [4.69, 9.17) is 13.7 Å². The van der Waals surface area contributed by atoms with Crippen molar-refractivity contribution in [3.63, 3.8) is 0 Å². The van der Waals surface area contributed by atoms with Gasteiger partial charge in [0.2, 0.25) is 5.95 Å². The van der Waals surface area contributed by atoms with Crippen LogP contribution in [0.2, 0.25) is 0 Å². The zero-order valence-electron chi connectivity index (χ0n) is 27.2. The second kappa shape index (κ2) is 12.3. The number of nitrogens with zero attached hydrogens (tertiary/aromatic N) is 5. The quantitative estimate of drug-likeness (QED) is 0.278. The zero-order valence-corrected chi connectivity index (χ0v) is 28.0. The molecule has 1 unspecified atom stereocenters. The topological polar surface area (TPSA) is 133 Å². The van der Waals surface area contributed by atoms with Gasteiger partial charge in [-0.15, -0.1) is 0 Å². The summed E-state index contributed by atoms with van der Waals surface area (Å²) in [5.41, 5.74) is 1.92. The number of carbonyl (C=O) groups excluding carboxylic acids is 2. The molecule has 0 bridgehead atoms. The molecule has 1 aliphatic heterocycles. The van der Waals surface area contributed by atoms with Crippen LogP contribution in [0.4, 0.5) is 15.1 Å². The van der Waals surface area contributed by atoms with Gasteiger partial charge in [0.15, 0.2) is 11.6 Å². The molecule has 14 heteroatoms. The Hall–Kier alpha value is -4.04. The number of hydrogen-bond acceptors (Lipinski definition) is 9. The van der Waals surface area contributed by atoms with E-state index in [2.05, 4.69) is 9.97 Å². The van der Waals surface area contributed by atoms with Crippen molar-refractivity contribution in [2.75, 3.05) is 31.4 Å². The number of amides is 2. The molecule has 1 fully saturated rings. The normalized spacial score (nSPS) is 16.3. The number of rotatable bonds is 10. The molecule has 2 aliphatic rings. The number of imidazole rings is 1. The number of aromatic nitrogens is 3. The van der Waals surface area contributed by atoms with Gasteiger partial charge in [0, 0.05) is 43.0 Å². The average molecular weight is 658 g/mol. The predicted octanol–water partition coefficient (Wildman–Crippen LogP) is 4.96. The number of ether oxygens (including phenoxy) is 2. The summed E-state index contributed by atoms with van der Waals surface area (Å²) in [4.78, 5) is 38.7. The van der Waals surface area contributed by atoms with Gasteiger partial charge < -0.3 is 18.9 Å². The van der Waals surface area contributed by atoms with E-state index < -0.39 is 33.7 Å². The van der Waals surface area contributed by atoms with E-state index in [-0.39, 0.29) is 36.8 Å². The van der Waals surface area contributed by atoms with Crippen LogP contribution in [-0.4, -0.2) is 71.9 Å². The van der Waals surface area contributed by atoms with Crippen molar-refractivity contribution in [1.82, 2.24) is 19.4 Å². The highest BCUT2D eigenvalue weighted by atomic mass is 32.2. The van der Waals surface area contributed by atoms with E-state index in [0.717, 1.165) is 30.9 Å². The molecule has 2 aromatic heterocycles. The zero-order chi connectivity index (χ0) is 33.6. The number of halogens is 1. The van der Waals surface area contributed by atoms with E-state index in [1.165, 1.54) is 11.0 Å². The lowest BCUT2D eigenvalue weighted by atomic mass is 9.81. The Morgan fingerprint density at radius 2 is 1.91 bits per heavy atom. The SMILES string of the molecule is CCOc1cc(C(C)N2CC3(CC3)c3c(COS(C)(=O)=O)cc(Cn4ccnc4N(C)C(=O)OC(C)(C)C)cc3C2=O)ncc1F.